The van der Waals surface area contributed by atoms with Gasteiger partial charge in [0.2, 0.25) is 0 Å². The molecule has 13 heavy (non-hydrogen) atoms. The van der Waals surface area contributed by atoms with Crippen molar-refractivity contribution in [3.63, 3.8) is 0 Å². The van der Waals surface area contributed by atoms with Gasteiger partial charge in [0.25, 0.3) is 0 Å². The molecule has 1 aliphatic rings. The molecule has 1 aliphatic carbocycles. The molecule has 1 saturated carbocycles. The summed E-state index contributed by atoms with van der Waals surface area (Å²) in [6.07, 6.45) is 3.98. The van der Waals surface area contributed by atoms with E-state index in [-0.39, 0.29) is 6.03 Å². The summed E-state index contributed by atoms with van der Waals surface area (Å²) < 4.78 is 0. The van der Waals surface area contributed by atoms with E-state index in [9.17, 15) is 4.79 Å². The van der Waals surface area contributed by atoms with Crippen LogP contribution in [0.4, 0.5) is 4.79 Å². The number of amides is 2. The van der Waals surface area contributed by atoms with Gasteiger partial charge < -0.3 is 16.4 Å². The van der Waals surface area contributed by atoms with Crippen LogP contribution in [0.1, 0.15) is 25.7 Å². The first-order valence-corrected chi connectivity index (χ1v) is 4.92. The fraction of sp³-hybridized carbons (Fsp3) is 0.750. The quantitative estimate of drug-likeness (QED) is 0.581. The molecule has 0 aromatic rings. The van der Waals surface area contributed by atoms with Gasteiger partial charge in [0.15, 0.2) is 0 Å². The SMILES string of the molecule is NC(=S)CCNC(=O)NC1CCC1. The Labute approximate surface area is 83.2 Å². The van der Waals surface area contributed by atoms with E-state index in [2.05, 4.69) is 22.9 Å². The maximum absolute atomic E-state index is 11.1. The molecule has 0 aromatic heterocycles. The standard InChI is InChI=1S/C8H15N3OS/c9-7(13)4-5-10-8(12)11-6-2-1-3-6/h6H,1-5H2,(H2,9,13)(H2,10,11,12). The molecule has 0 aliphatic heterocycles. The summed E-state index contributed by atoms with van der Waals surface area (Å²) in [5.41, 5.74) is 5.28. The van der Waals surface area contributed by atoms with Crippen LogP contribution in [0, 0.1) is 0 Å². The Balaban J connectivity index is 2.00. The molecule has 0 atom stereocenters. The van der Waals surface area contributed by atoms with Crippen molar-refractivity contribution in [3.05, 3.63) is 0 Å². The molecule has 74 valence electrons. The summed E-state index contributed by atoms with van der Waals surface area (Å²) in [5, 5.41) is 5.55. The van der Waals surface area contributed by atoms with Gasteiger partial charge in [0.1, 0.15) is 0 Å². The summed E-state index contributed by atoms with van der Waals surface area (Å²) >= 11 is 4.68. The highest BCUT2D eigenvalue weighted by Crippen LogP contribution is 2.17. The summed E-state index contributed by atoms with van der Waals surface area (Å²) in [4.78, 5) is 11.6. The van der Waals surface area contributed by atoms with Gasteiger partial charge in [-0.25, -0.2) is 4.79 Å². The van der Waals surface area contributed by atoms with Gasteiger partial charge in [-0.2, -0.15) is 0 Å². The zero-order chi connectivity index (χ0) is 9.68. The summed E-state index contributed by atoms with van der Waals surface area (Å²) in [5.74, 6) is 0. The predicted octanol–water partition coefficient (Wildman–Crippen LogP) is 0.514. The van der Waals surface area contributed by atoms with Crippen LogP contribution in [0.2, 0.25) is 0 Å². The van der Waals surface area contributed by atoms with E-state index in [1.165, 1.54) is 6.42 Å². The second-order valence-corrected chi connectivity index (χ2v) is 3.77. The van der Waals surface area contributed by atoms with E-state index in [1.54, 1.807) is 0 Å². The van der Waals surface area contributed by atoms with Crippen LogP contribution in [0.15, 0.2) is 0 Å². The first kappa shape index (κ1) is 10.2. The van der Waals surface area contributed by atoms with Crippen molar-refractivity contribution >= 4 is 23.2 Å². The Morgan fingerprint density at radius 1 is 1.54 bits per heavy atom. The number of carbonyl (C=O) groups is 1. The largest absolute Gasteiger partial charge is 0.393 e. The highest BCUT2D eigenvalue weighted by atomic mass is 32.1. The second-order valence-electron chi connectivity index (χ2n) is 3.24. The van der Waals surface area contributed by atoms with Crippen LogP contribution in [0.25, 0.3) is 0 Å². The normalized spacial score (nSPS) is 16.0. The van der Waals surface area contributed by atoms with Gasteiger partial charge >= 0.3 is 6.03 Å². The Morgan fingerprint density at radius 3 is 2.69 bits per heavy atom. The second kappa shape index (κ2) is 5.01. The maximum atomic E-state index is 11.1. The highest BCUT2D eigenvalue weighted by molar-refractivity contribution is 7.80. The molecule has 4 nitrogen and oxygen atoms in total. The Bertz CT molecular complexity index is 204. The molecule has 0 saturated heterocycles. The summed E-state index contributed by atoms with van der Waals surface area (Å²) in [6, 6.07) is 0.269. The number of thiocarbonyl (C=S) groups is 1. The third kappa shape index (κ3) is 4.07. The van der Waals surface area contributed by atoms with Crippen LogP contribution in [-0.4, -0.2) is 23.6 Å². The van der Waals surface area contributed by atoms with E-state index in [0.29, 0.717) is 24.0 Å². The van der Waals surface area contributed by atoms with Gasteiger partial charge in [-0.15, -0.1) is 0 Å². The molecular formula is C8H15N3OS. The molecule has 0 aromatic carbocycles. The fourth-order valence-electron chi connectivity index (χ4n) is 1.09. The number of rotatable bonds is 4. The molecule has 0 bridgehead atoms. The van der Waals surface area contributed by atoms with Crippen molar-refractivity contribution in [1.29, 1.82) is 0 Å². The molecule has 0 heterocycles. The molecule has 0 spiro atoms. The highest BCUT2D eigenvalue weighted by Gasteiger charge is 2.18. The van der Waals surface area contributed by atoms with Gasteiger partial charge in [-0.1, -0.05) is 12.2 Å². The van der Waals surface area contributed by atoms with Crippen molar-refractivity contribution in [2.75, 3.05) is 6.54 Å². The monoisotopic (exact) mass is 201 g/mol. The average molecular weight is 201 g/mol. The predicted molar refractivity (Wildman–Crippen MR) is 55.6 cm³/mol. The minimum Gasteiger partial charge on any atom is -0.393 e. The van der Waals surface area contributed by atoms with Gasteiger partial charge in [-0.3, -0.25) is 0 Å². The van der Waals surface area contributed by atoms with Crippen molar-refractivity contribution in [3.8, 4) is 0 Å². The summed E-state index contributed by atoms with van der Waals surface area (Å²) in [6.45, 7) is 0.522. The van der Waals surface area contributed by atoms with Crippen molar-refractivity contribution in [2.24, 2.45) is 5.73 Å². The molecule has 0 unspecified atom stereocenters. The topological polar surface area (TPSA) is 67.1 Å². The molecular weight excluding hydrogens is 186 g/mol. The molecule has 1 rings (SSSR count). The zero-order valence-electron chi connectivity index (χ0n) is 7.51. The molecule has 2 amide bonds. The Morgan fingerprint density at radius 2 is 2.23 bits per heavy atom. The maximum Gasteiger partial charge on any atom is 0.315 e. The number of nitrogens with one attached hydrogen (secondary N) is 2. The lowest BCUT2D eigenvalue weighted by Gasteiger charge is -2.26. The van der Waals surface area contributed by atoms with Gasteiger partial charge in [-0.05, 0) is 19.3 Å². The lowest BCUT2D eigenvalue weighted by atomic mass is 9.93. The van der Waals surface area contributed by atoms with Crippen molar-refractivity contribution in [1.82, 2.24) is 10.6 Å². The Kier molecular flexibility index (Phi) is 3.95. The smallest absolute Gasteiger partial charge is 0.315 e. The van der Waals surface area contributed by atoms with Gasteiger partial charge in [0, 0.05) is 19.0 Å². The van der Waals surface area contributed by atoms with Crippen LogP contribution in [-0.2, 0) is 0 Å². The number of hydrogen-bond donors (Lipinski definition) is 3. The number of carbonyl (C=O) groups excluding carboxylic acids is 1. The first-order chi connectivity index (χ1) is 6.18. The van der Waals surface area contributed by atoms with E-state index in [1.807, 2.05) is 0 Å². The summed E-state index contributed by atoms with van der Waals surface area (Å²) in [7, 11) is 0. The molecule has 5 heteroatoms. The zero-order valence-corrected chi connectivity index (χ0v) is 8.32. The minimum absolute atomic E-state index is 0.110. The van der Waals surface area contributed by atoms with Gasteiger partial charge in [0.05, 0.1) is 4.99 Å². The number of urea groups is 1. The minimum atomic E-state index is -0.110. The molecule has 4 N–H and O–H groups in total. The lowest BCUT2D eigenvalue weighted by Crippen LogP contribution is -2.45. The van der Waals surface area contributed by atoms with Crippen LogP contribution in [0.5, 0.6) is 0 Å². The van der Waals surface area contributed by atoms with Crippen LogP contribution in [0.3, 0.4) is 0 Å². The van der Waals surface area contributed by atoms with Crippen molar-refractivity contribution < 1.29 is 4.79 Å². The van der Waals surface area contributed by atoms with E-state index < -0.39 is 0 Å². The van der Waals surface area contributed by atoms with E-state index >= 15 is 0 Å². The fourth-order valence-corrected chi connectivity index (χ4v) is 1.19. The number of hydrogen-bond acceptors (Lipinski definition) is 2. The Hall–Kier alpha value is -0.840. The van der Waals surface area contributed by atoms with E-state index in [0.717, 1.165) is 12.8 Å². The average Bonchev–Trinajstić information content (AvgIpc) is 1.96. The first-order valence-electron chi connectivity index (χ1n) is 4.51. The van der Waals surface area contributed by atoms with Crippen molar-refractivity contribution in [2.45, 2.75) is 31.7 Å². The van der Waals surface area contributed by atoms with Crippen LogP contribution < -0.4 is 16.4 Å². The third-order valence-corrected chi connectivity index (χ3v) is 2.30. The van der Waals surface area contributed by atoms with Crippen LogP contribution >= 0.6 is 12.2 Å². The number of nitrogens with two attached hydrogens (primary N) is 1. The molecule has 1 fully saturated rings. The van der Waals surface area contributed by atoms with E-state index in [4.69, 9.17) is 5.73 Å². The lowest BCUT2D eigenvalue weighted by molar-refractivity contribution is 0.229. The third-order valence-electron chi connectivity index (χ3n) is 2.10. The molecule has 0 radical (unpaired) electrons.